The minimum absolute atomic E-state index is 0.0156. The Hall–Kier alpha value is -2.81. The molecule has 2 aliphatic rings. The SMILES string of the molecule is Cc1cccc(Oc2ccc(Cl)cc2N2C(=NC(=O)CCc3ccccc3)SC3CS(=O)(=O)CC32)c1. The molecule has 0 saturated carbocycles. The molecule has 2 fully saturated rings. The highest BCUT2D eigenvalue weighted by molar-refractivity contribution is 8.16. The average Bonchev–Trinajstić information content (AvgIpc) is 3.30. The fourth-order valence-corrected chi connectivity index (χ4v) is 8.57. The zero-order chi connectivity index (χ0) is 25.3. The van der Waals surface area contributed by atoms with Gasteiger partial charge in [0.2, 0.25) is 5.91 Å². The maximum Gasteiger partial charge on any atom is 0.248 e. The molecule has 0 bridgehead atoms. The maximum atomic E-state index is 12.9. The standard InChI is InChI=1S/C27H25ClN2O4S2/c1-18-6-5-9-21(14-18)34-24-12-11-20(28)15-22(24)30-23-16-36(32,33)17-25(23)35-27(30)29-26(31)13-10-19-7-3-2-4-8-19/h2-9,11-12,14-15,23,25H,10,13,16-17H2,1H3. The van der Waals surface area contributed by atoms with Gasteiger partial charge < -0.3 is 9.64 Å². The molecule has 1 amide bonds. The molecule has 0 radical (unpaired) electrons. The summed E-state index contributed by atoms with van der Waals surface area (Å²) in [6, 6.07) is 22.3. The number of amides is 1. The van der Waals surface area contributed by atoms with Gasteiger partial charge in [0.1, 0.15) is 5.75 Å². The Labute approximate surface area is 220 Å². The van der Waals surface area contributed by atoms with E-state index in [0.29, 0.717) is 33.8 Å². The van der Waals surface area contributed by atoms with Crippen LogP contribution in [-0.4, -0.2) is 42.3 Å². The highest BCUT2D eigenvalue weighted by Crippen LogP contribution is 2.45. The first-order valence-corrected chi connectivity index (χ1v) is 14.7. The molecule has 2 heterocycles. The lowest BCUT2D eigenvalue weighted by molar-refractivity contribution is -0.117. The number of anilines is 1. The number of ether oxygens (including phenoxy) is 1. The summed E-state index contributed by atoms with van der Waals surface area (Å²) in [5.41, 5.74) is 2.71. The van der Waals surface area contributed by atoms with Crippen LogP contribution in [-0.2, 0) is 21.1 Å². The van der Waals surface area contributed by atoms with Crippen LogP contribution in [0.1, 0.15) is 17.5 Å². The lowest BCUT2D eigenvalue weighted by Gasteiger charge is -2.27. The van der Waals surface area contributed by atoms with Crippen LogP contribution in [0.25, 0.3) is 0 Å². The van der Waals surface area contributed by atoms with E-state index in [2.05, 4.69) is 4.99 Å². The summed E-state index contributed by atoms with van der Waals surface area (Å²) in [5, 5.41) is 0.737. The third-order valence-corrected chi connectivity index (χ3v) is 9.60. The van der Waals surface area contributed by atoms with Gasteiger partial charge in [-0.25, -0.2) is 8.42 Å². The Morgan fingerprint density at radius 1 is 1.08 bits per heavy atom. The van der Waals surface area contributed by atoms with E-state index in [0.717, 1.165) is 11.1 Å². The molecule has 6 nitrogen and oxygen atoms in total. The van der Waals surface area contributed by atoms with Crippen molar-refractivity contribution in [2.24, 2.45) is 4.99 Å². The number of hydrogen-bond donors (Lipinski definition) is 0. The molecule has 2 saturated heterocycles. The zero-order valence-electron chi connectivity index (χ0n) is 19.6. The summed E-state index contributed by atoms with van der Waals surface area (Å²) >= 11 is 7.72. The summed E-state index contributed by atoms with van der Waals surface area (Å²) in [5.74, 6) is 0.944. The van der Waals surface area contributed by atoms with E-state index in [4.69, 9.17) is 16.3 Å². The van der Waals surface area contributed by atoms with Gasteiger partial charge >= 0.3 is 0 Å². The van der Waals surface area contributed by atoms with Gasteiger partial charge in [-0.3, -0.25) is 4.79 Å². The predicted octanol–water partition coefficient (Wildman–Crippen LogP) is 5.67. The molecule has 0 aliphatic carbocycles. The van der Waals surface area contributed by atoms with Crippen LogP contribution in [0.2, 0.25) is 5.02 Å². The number of thioether (sulfide) groups is 1. The molecular weight excluding hydrogens is 516 g/mol. The van der Waals surface area contributed by atoms with E-state index in [1.54, 1.807) is 18.2 Å². The number of nitrogens with zero attached hydrogens (tertiary/aromatic N) is 2. The molecule has 0 spiro atoms. The van der Waals surface area contributed by atoms with Crippen molar-refractivity contribution in [2.75, 3.05) is 16.4 Å². The maximum absolute atomic E-state index is 12.9. The topological polar surface area (TPSA) is 76.0 Å². The van der Waals surface area contributed by atoms with Crippen LogP contribution in [0.4, 0.5) is 5.69 Å². The quantitative estimate of drug-likeness (QED) is 0.400. The first-order chi connectivity index (χ1) is 17.3. The predicted molar refractivity (Wildman–Crippen MR) is 146 cm³/mol. The van der Waals surface area contributed by atoms with Crippen molar-refractivity contribution in [3.63, 3.8) is 0 Å². The molecule has 2 unspecified atom stereocenters. The first-order valence-electron chi connectivity index (χ1n) is 11.6. The smallest absolute Gasteiger partial charge is 0.248 e. The number of carbonyl (C=O) groups excluding carboxylic acids is 1. The third kappa shape index (κ3) is 5.61. The van der Waals surface area contributed by atoms with Crippen LogP contribution in [0.15, 0.2) is 77.8 Å². The number of rotatable bonds is 6. The van der Waals surface area contributed by atoms with Crippen molar-refractivity contribution >= 4 is 50.0 Å². The van der Waals surface area contributed by atoms with E-state index in [1.165, 1.54) is 11.8 Å². The second-order valence-electron chi connectivity index (χ2n) is 8.97. The molecule has 9 heteroatoms. The Morgan fingerprint density at radius 2 is 1.89 bits per heavy atom. The summed E-state index contributed by atoms with van der Waals surface area (Å²) in [4.78, 5) is 19.1. The van der Waals surface area contributed by atoms with Crippen molar-refractivity contribution in [3.05, 3.63) is 88.9 Å². The van der Waals surface area contributed by atoms with Gasteiger partial charge in [-0.15, -0.1) is 0 Å². The van der Waals surface area contributed by atoms with Crippen LogP contribution in [0.5, 0.6) is 11.5 Å². The van der Waals surface area contributed by atoms with E-state index in [-0.39, 0.29) is 35.1 Å². The van der Waals surface area contributed by atoms with Gasteiger partial charge in [0.05, 0.1) is 23.2 Å². The Bertz CT molecular complexity index is 1430. The van der Waals surface area contributed by atoms with Crippen molar-refractivity contribution in [1.82, 2.24) is 0 Å². The lowest BCUT2D eigenvalue weighted by Crippen LogP contribution is -2.38. The van der Waals surface area contributed by atoms with Gasteiger partial charge in [-0.2, -0.15) is 4.99 Å². The number of aryl methyl sites for hydroxylation is 2. The summed E-state index contributed by atoms with van der Waals surface area (Å²) < 4.78 is 31.2. The monoisotopic (exact) mass is 540 g/mol. The Balaban J connectivity index is 1.48. The van der Waals surface area contributed by atoms with Crippen molar-refractivity contribution < 1.29 is 17.9 Å². The number of amidine groups is 1. The minimum atomic E-state index is -3.21. The number of aliphatic imine (C=N–C) groups is 1. The van der Waals surface area contributed by atoms with Crippen LogP contribution in [0.3, 0.4) is 0 Å². The number of carbonyl (C=O) groups is 1. The molecule has 3 aromatic carbocycles. The highest BCUT2D eigenvalue weighted by atomic mass is 35.5. The van der Waals surface area contributed by atoms with Gasteiger partial charge in [0.15, 0.2) is 20.8 Å². The molecule has 186 valence electrons. The number of benzene rings is 3. The van der Waals surface area contributed by atoms with Gasteiger partial charge in [-0.05, 0) is 54.8 Å². The Morgan fingerprint density at radius 3 is 2.67 bits per heavy atom. The van der Waals surface area contributed by atoms with Crippen LogP contribution in [0, 0.1) is 6.92 Å². The van der Waals surface area contributed by atoms with Crippen molar-refractivity contribution in [1.29, 1.82) is 0 Å². The van der Waals surface area contributed by atoms with Gasteiger partial charge in [0.25, 0.3) is 0 Å². The highest BCUT2D eigenvalue weighted by Gasteiger charge is 2.50. The molecule has 0 aromatic heterocycles. The first kappa shape index (κ1) is 24.9. The lowest BCUT2D eigenvalue weighted by atomic mass is 10.1. The number of sulfone groups is 1. The fraction of sp³-hybridized carbons (Fsp3) is 0.259. The summed E-state index contributed by atoms with van der Waals surface area (Å²) in [7, 11) is -3.21. The third-order valence-electron chi connectivity index (χ3n) is 6.16. The van der Waals surface area contributed by atoms with Crippen LogP contribution >= 0.6 is 23.4 Å². The minimum Gasteiger partial charge on any atom is -0.455 e. The van der Waals surface area contributed by atoms with Gasteiger partial charge in [-0.1, -0.05) is 65.8 Å². The fourth-order valence-electron chi connectivity index (χ4n) is 4.48. The van der Waals surface area contributed by atoms with Crippen molar-refractivity contribution in [3.8, 4) is 11.5 Å². The molecule has 2 aliphatic heterocycles. The molecule has 3 aromatic rings. The zero-order valence-corrected chi connectivity index (χ0v) is 22.0. The molecule has 0 N–H and O–H groups in total. The molecular formula is C27H25ClN2O4S2. The second-order valence-corrected chi connectivity index (χ2v) is 12.8. The van der Waals surface area contributed by atoms with Crippen molar-refractivity contribution in [2.45, 2.75) is 31.1 Å². The normalized spacial score (nSPS) is 21.5. The molecule has 5 rings (SSSR count). The number of halogens is 1. The molecule has 2 atom stereocenters. The molecule has 36 heavy (non-hydrogen) atoms. The second kappa shape index (κ2) is 10.3. The van der Waals surface area contributed by atoms with Gasteiger partial charge in [0, 0.05) is 16.7 Å². The van der Waals surface area contributed by atoms with E-state index >= 15 is 0 Å². The summed E-state index contributed by atoms with van der Waals surface area (Å²) in [6.07, 6.45) is 0.846. The Kier molecular flexibility index (Phi) is 7.10. The van der Waals surface area contributed by atoms with E-state index < -0.39 is 9.84 Å². The number of hydrogen-bond acceptors (Lipinski definition) is 5. The largest absolute Gasteiger partial charge is 0.455 e. The van der Waals surface area contributed by atoms with E-state index in [1.807, 2.05) is 66.4 Å². The van der Waals surface area contributed by atoms with Crippen LogP contribution < -0.4 is 9.64 Å². The van der Waals surface area contributed by atoms with E-state index in [9.17, 15) is 13.2 Å². The number of fused-ring (bicyclic) bond motifs is 1. The average molecular weight is 541 g/mol. The summed E-state index contributed by atoms with van der Waals surface area (Å²) in [6.45, 7) is 1.98.